The van der Waals surface area contributed by atoms with Crippen LogP contribution in [0.25, 0.3) is 0 Å². The van der Waals surface area contributed by atoms with Gasteiger partial charge in [-0.05, 0) is 38.1 Å². The summed E-state index contributed by atoms with van der Waals surface area (Å²) in [5.74, 6) is -0.208. The summed E-state index contributed by atoms with van der Waals surface area (Å²) in [7, 11) is 0. The summed E-state index contributed by atoms with van der Waals surface area (Å²) in [5.41, 5.74) is 0.648. The van der Waals surface area contributed by atoms with Crippen molar-refractivity contribution < 1.29 is 19.2 Å². The van der Waals surface area contributed by atoms with Gasteiger partial charge in [0.05, 0.1) is 12.1 Å². The maximum absolute atomic E-state index is 12.7. The van der Waals surface area contributed by atoms with Gasteiger partial charge in [0.2, 0.25) is 5.91 Å². The first kappa shape index (κ1) is 15.6. The van der Waals surface area contributed by atoms with Gasteiger partial charge in [-0.25, -0.2) is 4.90 Å². The van der Waals surface area contributed by atoms with Gasteiger partial charge >= 0.3 is 0 Å². The standard InChI is InChI=1S/C16H19BrN2O3/c1-10-8-18(9-11(2)22-10)14-7-15(20)19(16(14)21)13-5-3-12(17)4-6-13/h3-6,10-11,14H,7-9H2,1-2H3/p+1/t10-,11-,14-/m1/s1. The predicted octanol–water partition coefficient (Wildman–Crippen LogP) is 0.773. The number of hydrogen-bond donors (Lipinski definition) is 1. The number of ether oxygens (including phenoxy) is 1. The summed E-state index contributed by atoms with van der Waals surface area (Å²) >= 11 is 3.37. The molecule has 0 aromatic heterocycles. The molecule has 2 heterocycles. The number of hydrogen-bond acceptors (Lipinski definition) is 3. The fourth-order valence-corrected chi connectivity index (χ4v) is 3.68. The molecule has 0 unspecified atom stereocenters. The minimum absolute atomic E-state index is 0.0939. The fraction of sp³-hybridized carbons (Fsp3) is 0.500. The van der Waals surface area contributed by atoms with E-state index in [1.165, 1.54) is 4.90 Å². The zero-order valence-electron chi connectivity index (χ0n) is 12.7. The molecule has 2 aliphatic heterocycles. The van der Waals surface area contributed by atoms with Gasteiger partial charge in [-0.15, -0.1) is 0 Å². The lowest BCUT2D eigenvalue weighted by Crippen LogP contribution is -3.19. The maximum Gasteiger partial charge on any atom is 0.292 e. The molecule has 2 amide bonds. The van der Waals surface area contributed by atoms with Crippen molar-refractivity contribution in [3.05, 3.63) is 28.7 Å². The van der Waals surface area contributed by atoms with Crippen LogP contribution in [0.15, 0.2) is 28.7 Å². The summed E-state index contributed by atoms with van der Waals surface area (Å²) in [6.07, 6.45) is 0.510. The average molecular weight is 368 g/mol. The lowest BCUT2D eigenvalue weighted by atomic mass is 10.1. The Kier molecular flexibility index (Phi) is 4.34. The quantitative estimate of drug-likeness (QED) is 0.785. The third kappa shape index (κ3) is 2.95. The van der Waals surface area contributed by atoms with Gasteiger partial charge in [0.15, 0.2) is 6.04 Å². The molecule has 2 aliphatic rings. The Balaban J connectivity index is 1.80. The molecule has 0 aliphatic carbocycles. The number of morpholine rings is 1. The molecule has 0 spiro atoms. The number of nitrogens with one attached hydrogen (secondary N) is 1. The molecular formula is C16H20BrN2O3+. The number of quaternary nitrogens is 1. The van der Waals surface area contributed by atoms with E-state index in [0.29, 0.717) is 5.69 Å². The molecule has 3 rings (SSSR count). The first-order chi connectivity index (χ1) is 10.5. The molecule has 0 saturated carbocycles. The van der Waals surface area contributed by atoms with Crippen LogP contribution in [0.3, 0.4) is 0 Å². The van der Waals surface area contributed by atoms with Crippen molar-refractivity contribution in [1.82, 2.24) is 0 Å². The van der Waals surface area contributed by atoms with E-state index in [9.17, 15) is 9.59 Å². The molecule has 0 bridgehead atoms. The van der Waals surface area contributed by atoms with Gasteiger partial charge in [-0.3, -0.25) is 9.59 Å². The first-order valence-electron chi connectivity index (χ1n) is 7.58. The van der Waals surface area contributed by atoms with Crippen molar-refractivity contribution in [2.24, 2.45) is 0 Å². The van der Waals surface area contributed by atoms with Crippen LogP contribution in [0, 0.1) is 0 Å². The maximum atomic E-state index is 12.7. The van der Waals surface area contributed by atoms with Gasteiger partial charge in [0.1, 0.15) is 25.3 Å². The highest BCUT2D eigenvalue weighted by Gasteiger charge is 2.47. The Hall–Kier alpha value is -1.24. The summed E-state index contributed by atoms with van der Waals surface area (Å²) in [4.78, 5) is 27.6. The molecule has 3 atom stereocenters. The van der Waals surface area contributed by atoms with Crippen LogP contribution >= 0.6 is 15.9 Å². The Bertz CT molecular complexity index is 580. The van der Waals surface area contributed by atoms with Crippen LogP contribution in [0.2, 0.25) is 0 Å². The topological polar surface area (TPSA) is 51.0 Å². The normalized spacial score (nSPS) is 32.6. The van der Waals surface area contributed by atoms with Crippen molar-refractivity contribution in [2.45, 2.75) is 38.5 Å². The number of carbonyl (C=O) groups excluding carboxylic acids is 2. The minimum atomic E-state index is -0.287. The largest absolute Gasteiger partial charge is 0.364 e. The van der Waals surface area contributed by atoms with E-state index in [1.54, 1.807) is 12.1 Å². The molecule has 22 heavy (non-hydrogen) atoms. The van der Waals surface area contributed by atoms with Crippen molar-refractivity contribution in [2.75, 3.05) is 18.0 Å². The Morgan fingerprint density at radius 2 is 1.73 bits per heavy atom. The highest BCUT2D eigenvalue weighted by atomic mass is 79.9. The number of rotatable bonds is 2. The van der Waals surface area contributed by atoms with E-state index in [-0.39, 0.29) is 36.5 Å². The van der Waals surface area contributed by atoms with E-state index >= 15 is 0 Å². The van der Waals surface area contributed by atoms with Gasteiger partial charge in [-0.1, -0.05) is 15.9 Å². The second-order valence-electron chi connectivity index (χ2n) is 6.12. The van der Waals surface area contributed by atoms with Crippen molar-refractivity contribution >= 4 is 33.4 Å². The molecule has 1 N–H and O–H groups in total. The average Bonchev–Trinajstić information content (AvgIpc) is 2.74. The lowest BCUT2D eigenvalue weighted by molar-refractivity contribution is -0.929. The van der Waals surface area contributed by atoms with E-state index < -0.39 is 0 Å². The molecule has 118 valence electrons. The Morgan fingerprint density at radius 1 is 1.14 bits per heavy atom. The summed E-state index contributed by atoms with van der Waals surface area (Å²) < 4.78 is 6.65. The van der Waals surface area contributed by atoms with E-state index in [4.69, 9.17) is 4.74 Å². The van der Waals surface area contributed by atoms with Gasteiger partial charge < -0.3 is 9.64 Å². The zero-order valence-corrected chi connectivity index (χ0v) is 14.3. The van der Waals surface area contributed by atoms with Gasteiger partial charge in [0.25, 0.3) is 5.91 Å². The zero-order chi connectivity index (χ0) is 15.9. The van der Waals surface area contributed by atoms with Crippen molar-refractivity contribution in [1.29, 1.82) is 0 Å². The number of amides is 2. The third-order valence-electron chi connectivity index (χ3n) is 4.29. The molecule has 1 aromatic carbocycles. The van der Waals surface area contributed by atoms with Gasteiger partial charge in [-0.2, -0.15) is 0 Å². The fourth-order valence-electron chi connectivity index (χ4n) is 3.41. The first-order valence-corrected chi connectivity index (χ1v) is 8.37. The highest BCUT2D eigenvalue weighted by molar-refractivity contribution is 9.10. The van der Waals surface area contributed by atoms with Crippen molar-refractivity contribution in [3.8, 4) is 0 Å². The van der Waals surface area contributed by atoms with Crippen LogP contribution in [-0.2, 0) is 14.3 Å². The SMILES string of the molecule is C[C@@H]1C[NH+]([C@@H]2CC(=O)N(c3ccc(Br)cc3)C2=O)C[C@@H](C)O1. The Labute approximate surface area is 138 Å². The van der Waals surface area contributed by atoms with Crippen LogP contribution in [0.4, 0.5) is 5.69 Å². The molecule has 2 saturated heterocycles. The lowest BCUT2D eigenvalue weighted by Gasteiger charge is -2.34. The summed E-state index contributed by atoms with van der Waals surface area (Å²) in [5, 5.41) is 0. The van der Waals surface area contributed by atoms with E-state index in [2.05, 4.69) is 15.9 Å². The Morgan fingerprint density at radius 3 is 2.32 bits per heavy atom. The molecule has 2 fully saturated rings. The molecule has 1 aromatic rings. The number of halogens is 1. The van der Waals surface area contributed by atoms with Crippen LogP contribution in [0.5, 0.6) is 0 Å². The minimum Gasteiger partial charge on any atom is -0.364 e. The van der Waals surface area contributed by atoms with E-state index in [1.807, 2.05) is 26.0 Å². The van der Waals surface area contributed by atoms with Crippen LogP contribution < -0.4 is 9.80 Å². The number of benzene rings is 1. The smallest absolute Gasteiger partial charge is 0.292 e. The van der Waals surface area contributed by atoms with Crippen LogP contribution in [0.1, 0.15) is 20.3 Å². The van der Waals surface area contributed by atoms with E-state index in [0.717, 1.165) is 22.5 Å². The molecule has 5 nitrogen and oxygen atoms in total. The third-order valence-corrected chi connectivity index (χ3v) is 4.82. The van der Waals surface area contributed by atoms with Crippen LogP contribution in [-0.4, -0.2) is 43.2 Å². The summed E-state index contributed by atoms with van der Waals surface area (Å²) in [6, 6.07) is 6.98. The molecular weight excluding hydrogens is 348 g/mol. The number of imide groups is 1. The second kappa shape index (κ2) is 6.10. The second-order valence-corrected chi connectivity index (χ2v) is 7.04. The number of nitrogens with zero attached hydrogens (tertiary/aromatic N) is 1. The van der Waals surface area contributed by atoms with Gasteiger partial charge in [0, 0.05) is 4.47 Å². The van der Waals surface area contributed by atoms with Crippen molar-refractivity contribution in [3.63, 3.8) is 0 Å². The molecule has 6 heteroatoms. The summed E-state index contributed by atoms with van der Waals surface area (Å²) in [6.45, 7) is 5.57. The number of anilines is 1. The predicted molar refractivity (Wildman–Crippen MR) is 85.7 cm³/mol. The molecule has 0 radical (unpaired) electrons. The number of carbonyl (C=O) groups is 2. The monoisotopic (exact) mass is 367 g/mol. The highest BCUT2D eigenvalue weighted by Crippen LogP contribution is 2.24.